The molecule has 4 rings (SSSR count). The molecule has 116 valence electrons. The molecule has 0 spiro atoms. The maximum atomic E-state index is 12.6. The van der Waals surface area contributed by atoms with Gasteiger partial charge >= 0.3 is 123 Å². The van der Waals surface area contributed by atoms with E-state index in [0.717, 1.165) is 31.8 Å². The molecule has 3 fully saturated rings. The second kappa shape index (κ2) is 5.88. The Balaban J connectivity index is 1.88. The first-order chi connectivity index (χ1) is 10.00. The molecule has 1 aromatic rings. The van der Waals surface area contributed by atoms with E-state index in [0.29, 0.717) is 24.2 Å². The average molecular weight is 364 g/mol. The van der Waals surface area contributed by atoms with Crippen LogP contribution in [0.3, 0.4) is 0 Å². The molecule has 3 aliphatic rings. The Morgan fingerprint density at radius 2 is 1.33 bits per heavy atom. The first-order valence-corrected chi connectivity index (χ1v) is 10.4. The van der Waals surface area contributed by atoms with Gasteiger partial charge in [0.15, 0.2) is 0 Å². The van der Waals surface area contributed by atoms with Crippen LogP contribution in [0.25, 0.3) is 0 Å². The first kappa shape index (κ1) is 15.3. The number of nitrogens with zero attached hydrogens (tertiary/aromatic N) is 1. The number of halogens is 3. The average Bonchev–Trinajstić information content (AvgIpc) is 2.36. The van der Waals surface area contributed by atoms with Crippen molar-refractivity contribution in [2.75, 3.05) is 39.5 Å². The van der Waals surface area contributed by atoms with Gasteiger partial charge in [0, 0.05) is 0 Å². The second-order valence-electron chi connectivity index (χ2n) is 5.02. The third-order valence-corrected chi connectivity index (χ3v) is 9.52. The number of rotatable bonds is 1. The van der Waals surface area contributed by atoms with Gasteiger partial charge in [0.2, 0.25) is 0 Å². The minimum absolute atomic E-state index is 0.487. The Hall–Kier alpha value is -0.607. The Kier molecular flexibility index (Phi) is 4.29. The maximum absolute atomic E-state index is 12.6. The van der Waals surface area contributed by atoms with Crippen molar-refractivity contribution >= 4 is 18.7 Å². The molecule has 3 heterocycles. The molecule has 4 nitrogen and oxygen atoms in total. The molecule has 3 aliphatic heterocycles. The molecule has 8 heteroatoms. The summed E-state index contributed by atoms with van der Waals surface area (Å²) >= 11 is -3.67. The van der Waals surface area contributed by atoms with Crippen LogP contribution in [-0.2, 0) is 17.5 Å². The van der Waals surface area contributed by atoms with Crippen LogP contribution in [0, 0.1) is 0 Å². The van der Waals surface area contributed by atoms with E-state index in [1.54, 1.807) is 0 Å². The van der Waals surface area contributed by atoms with E-state index >= 15 is 0 Å². The van der Waals surface area contributed by atoms with Crippen molar-refractivity contribution in [3.63, 3.8) is 0 Å². The summed E-state index contributed by atoms with van der Waals surface area (Å²) in [5.74, 6) is 0. The van der Waals surface area contributed by atoms with E-state index in [1.165, 1.54) is 12.1 Å². The molecule has 3 saturated heterocycles. The Morgan fingerprint density at radius 3 is 1.76 bits per heavy atom. The van der Waals surface area contributed by atoms with E-state index in [9.17, 15) is 13.2 Å². The summed E-state index contributed by atoms with van der Waals surface area (Å²) in [4.78, 5) is 2.19. The van der Waals surface area contributed by atoms with Gasteiger partial charge in [-0.05, 0) is 0 Å². The SMILES string of the molecule is FC(F)(F)c1cc[c]([Ge]23[O]CCN(CC[O]2)CC[O]3)cc1. The molecule has 1 aromatic carbocycles. The zero-order valence-electron chi connectivity index (χ0n) is 11.4. The Labute approximate surface area is 124 Å². The van der Waals surface area contributed by atoms with Gasteiger partial charge in [-0.3, -0.25) is 0 Å². The molecule has 0 unspecified atom stereocenters. The van der Waals surface area contributed by atoms with Gasteiger partial charge in [0.1, 0.15) is 0 Å². The van der Waals surface area contributed by atoms with Crippen LogP contribution in [0.2, 0.25) is 0 Å². The predicted molar refractivity (Wildman–Crippen MR) is 71.1 cm³/mol. The van der Waals surface area contributed by atoms with Crippen molar-refractivity contribution in [2.24, 2.45) is 0 Å². The van der Waals surface area contributed by atoms with Crippen LogP contribution in [-0.4, -0.2) is 58.6 Å². The molecule has 0 amide bonds. The molecule has 0 radical (unpaired) electrons. The van der Waals surface area contributed by atoms with Gasteiger partial charge in [0.05, 0.1) is 0 Å². The van der Waals surface area contributed by atoms with Gasteiger partial charge in [-0.15, -0.1) is 0 Å². The van der Waals surface area contributed by atoms with Crippen molar-refractivity contribution in [2.45, 2.75) is 6.18 Å². The van der Waals surface area contributed by atoms with Crippen molar-refractivity contribution in [1.29, 1.82) is 0 Å². The number of fused-ring (bicyclic) bond motifs is 6. The third-order valence-electron chi connectivity index (χ3n) is 3.66. The standard InChI is InChI=1S/C13H16F3GeNO3/c14-13(15,16)11-1-3-12(4-2-11)17-19-8-5-18(6-9-20-17)7-10-21-17/h1-4H,5-10H2. The predicted octanol–water partition coefficient (Wildman–Crippen LogP) is 1.23. The van der Waals surface area contributed by atoms with E-state index in [1.807, 2.05) is 0 Å². The number of hydrogen-bond donors (Lipinski definition) is 0. The fourth-order valence-corrected chi connectivity index (χ4v) is 7.55. The van der Waals surface area contributed by atoms with E-state index in [-0.39, 0.29) is 0 Å². The van der Waals surface area contributed by atoms with Gasteiger partial charge in [-0.1, -0.05) is 0 Å². The topological polar surface area (TPSA) is 30.9 Å². The fraction of sp³-hybridized carbons (Fsp3) is 0.538. The van der Waals surface area contributed by atoms with Gasteiger partial charge in [0.25, 0.3) is 0 Å². The van der Waals surface area contributed by atoms with Crippen molar-refractivity contribution < 1.29 is 24.5 Å². The van der Waals surface area contributed by atoms with Crippen LogP contribution >= 0.6 is 0 Å². The van der Waals surface area contributed by atoms with Crippen LogP contribution < -0.4 is 4.40 Å². The van der Waals surface area contributed by atoms with E-state index in [2.05, 4.69) is 4.90 Å². The molecule has 0 saturated carbocycles. The molecule has 0 aromatic heterocycles. The zero-order chi connectivity index (χ0) is 14.9. The van der Waals surface area contributed by atoms with Gasteiger partial charge < -0.3 is 0 Å². The molecule has 0 atom stereocenters. The Morgan fingerprint density at radius 1 is 0.857 bits per heavy atom. The molecule has 2 bridgehead atoms. The van der Waals surface area contributed by atoms with Crippen LogP contribution in [0.5, 0.6) is 0 Å². The molecule has 0 N–H and O–H groups in total. The molecule has 0 aliphatic carbocycles. The summed E-state index contributed by atoms with van der Waals surface area (Å²) < 4.78 is 56.2. The quantitative estimate of drug-likeness (QED) is 0.702. The zero-order valence-corrected chi connectivity index (χ0v) is 13.5. The molecular weight excluding hydrogens is 348 g/mol. The fourth-order valence-electron chi connectivity index (χ4n) is 2.50. The number of benzene rings is 1. The summed E-state index contributed by atoms with van der Waals surface area (Å²) in [6.45, 7) is 3.88. The van der Waals surface area contributed by atoms with Crippen LogP contribution in [0.4, 0.5) is 13.2 Å². The van der Waals surface area contributed by atoms with E-state index < -0.39 is 26.0 Å². The summed E-state index contributed by atoms with van der Waals surface area (Å²) in [7, 11) is 0. The van der Waals surface area contributed by atoms with Gasteiger partial charge in [-0.25, -0.2) is 0 Å². The first-order valence-electron chi connectivity index (χ1n) is 6.82. The molecular formula is C13H16F3GeNO3. The van der Waals surface area contributed by atoms with E-state index in [4.69, 9.17) is 11.3 Å². The monoisotopic (exact) mass is 365 g/mol. The van der Waals surface area contributed by atoms with Crippen molar-refractivity contribution in [1.82, 2.24) is 4.90 Å². The van der Waals surface area contributed by atoms with Crippen molar-refractivity contribution in [3.05, 3.63) is 29.8 Å². The third kappa shape index (κ3) is 3.26. The number of hydrogen-bond acceptors (Lipinski definition) is 4. The molecule has 21 heavy (non-hydrogen) atoms. The van der Waals surface area contributed by atoms with Gasteiger partial charge in [-0.2, -0.15) is 0 Å². The summed E-state index contributed by atoms with van der Waals surface area (Å²) in [5.41, 5.74) is -0.673. The van der Waals surface area contributed by atoms with Crippen LogP contribution in [0.1, 0.15) is 5.56 Å². The second-order valence-corrected chi connectivity index (χ2v) is 10.4. The summed E-state index contributed by atoms with van der Waals surface area (Å²) in [5, 5.41) is 0. The van der Waals surface area contributed by atoms with Crippen LogP contribution in [0.15, 0.2) is 24.3 Å². The number of alkyl halides is 3. The summed E-state index contributed by atoms with van der Waals surface area (Å²) in [6.07, 6.45) is -4.34. The normalized spacial score (nSPS) is 30.5. The minimum atomic E-state index is -4.34. The Bertz CT molecular complexity index is 468. The van der Waals surface area contributed by atoms with Crippen molar-refractivity contribution in [3.8, 4) is 0 Å². The summed E-state index contributed by atoms with van der Waals surface area (Å²) in [6, 6.07) is 5.00.